The largest absolute Gasteiger partial charge is 1.00 e. The summed E-state index contributed by atoms with van der Waals surface area (Å²) in [5.41, 5.74) is 2.07. The Balaban J connectivity index is 0.00000200. The molecule has 0 aliphatic heterocycles. The Morgan fingerprint density at radius 1 is 1.00 bits per heavy atom. The van der Waals surface area contributed by atoms with Crippen molar-refractivity contribution in [1.29, 1.82) is 0 Å². The van der Waals surface area contributed by atoms with Gasteiger partial charge in [-0.1, -0.05) is 42.5 Å². The van der Waals surface area contributed by atoms with Gasteiger partial charge < -0.3 is 27.9 Å². The first kappa shape index (κ1) is 16.5. The maximum absolute atomic E-state index is 10.2. The number of hydrogen-bond acceptors (Lipinski definition) is 2. The number of phenolic OH excluding ortho intramolecular Hbond substituents is 1. The summed E-state index contributed by atoms with van der Waals surface area (Å²) < 4.78 is 0. The highest BCUT2D eigenvalue weighted by atomic mass is 35.5. The zero-order valence-electron chi connectivity index (χ0n) is 11.4. The summed E-state index contributed by atoms with van der Waals surface area (Å²) in [7, 11) is 0. The second-order valence-corrected chi connectivity index (χ2v) is 4.82. The molecular weight excluding hydrogens is 274 g/mol. The van der Waals surface area contributed by atoms with E-state index in [1.807, 2.05) is 25.1 Å². The van der Waals surface area contributed by atoms with Gasteiger partial charge in [-0.05, 0) is 24.6 Å². The molecule has 0 aromatic heterocycles. The predicted molar refractivity (Wildman–Crippen MR) is 74.6 cm³/mol. The van der Waals surface area contributed by atoms with Crippen molar-refractivity contribution in [2.75, 3.05) is 0 Å². The summed E-state index contributed by atoms with van der Waals surface area (Å²) in [5, 5.41) is 21.6. The summed E-state index contributed by atoms with van der Waals surface area (Å²) in [6.45, 7) is 2.84. The molecule has 2 rings (SSSR count). The number of quaternary nitrogens is 1. The van der Waals surface area contributed by atoms with Crippen LogP contribution in [-0.2, 0) is 6.54 Å². The highest BCUT2D eigenvalue weighted by Crippen LogP contribution is 2.18. The van der Waals surface area contributed by atoms with Crippen molar-refractivity contribution in [2.45, 2.75) is 25.6 Å². The fourth-order valence-electron chi connectivity index (χ4n) is 2.04. The third-order valence-corrected chi connectivity index (χ3v) is 3.30. The number of aliphatic hydroxyl groups excluding tert-OH is 1. The van der Waals surface area contributed by atoms with Crippen LogP contribution in [0.2, 0.25) is 0 Å². The van der Waals surface area contributed by atoms with Gasteiger partial charge in [0.25, 0.3) is 0 Å². The Bertz CT molecular complexity index is 502. The molecule has 0 saturated carbocycles. The van der Waals surface area contributed by atoms with Crippen molar-refractivity contribution in [3.05, 3.63) is 65.7 Å². The summed E-state index contributed by atoms with van der Waals surface area (Å²) in [6.07, 6.45) is -0.538. The van der Waals surface area contributed by atoms with Crippen molar-refractivity contribution in [3.8, 4) is 5.75 Å². The Morgan fingerprint density at radius 2 is 1.60 bits per heavy atom. The Labute approximate surface area is 125 Å². The zero-order valence-corrected chi connectivity index (χ0v) is 12.2. The van der Waals surface area contributed by atoms with E-state index in [0.29, 0.717) is 0 Å². The second kappa shape index (κ2) is 7.90. The van der Waals surface area contributed by atoms with Crippen LogP contribution in [0.25, 0.3) is 0 Å². The SMILES string of the molecule is CC([NH2+]Cc1ccccc1)C(O)c1ccc(O)cc1.[Cl-]. The van der Waals surface area contributed by atoms with E-state index in [1.165, 1.54) is 5.56 Å². The molecule has 0 saturated heterocycles. The summed E-state index contributed by atoms with van der Waals surface area (Å²) >= 11 is 0. The van der Waals surface area contributed by atoms with Gasteiger partial charge in [-0.25, -0.2) is 0 Å². The van der Waals surface area contributed by atoms with Crippen LogP contribution < -0.4 is 17.7 Å². The van der Waals surface area contributed by atoms with Gasteiger partial charge in [-0.15, -0.1) is 0 Å². The van der Waals surface area contributed by atoms with Crippen molar-refractivity contribution >= 4 is 0 Å². The number of benzene rings is 2. The maximum atomic E-state index is 10.2. The standard InChI is InChI=1S/C16H19NO2.ClH/c1-12(17-11-13-5-3-2-4-6-13)16(19)14-7-9-15(18)10-8-14;/h2-10,12,16-19H,11H2,1H3;1H. The number of halogens is 1. The predicted octanol–water partition coefficient (Wildman–Crippen LogP) is -1.42. The lowest BCUT2D eigenvalue weighted by atomic mass is 10.0. The smallest absolute Gasteiger partial charge is 0.130 e. The minimum atomic E-state index is -0.538. The Morgan fingerprint density at radius 3 is 2.20 bits per heavy atom. The van der Waals surface area contributed by atoms with Crippen LogP contribution in [0, 0.1) is 0 Å². The molecule has 0 aliphatic carbocycles. The number of hydrogen-bond donors (Lipinski definition) is 3. The van der Waals surface area contributed by atoms with E-state index in [0.717, 1.165) is 12.1 Å². The summed E-state index contributed by atoms with van der Waals surface area (Å²) in [5.74, 6) is 0.219. The van der Waals surface area contributed by atoms with Crippen LogP contribution in [0.1, 0.15) is 24.2 Å². The molecule has 0 fully saturated rings. The number of nitrogens with two attached hydrogens (primary N) is 1. The van der Waals surface area contributed by atoms with Crippen LogP contribution in [-0.4, -0.2) is 16.3 Å². The van der Waals surface area contributed by atoms with Gasteiger partial charge in [-0.2, -0.15) is 0 Å². The van der Waals surface area contributed by atoms with Gasteiger partial charge in [0.05, 0.1) is 0 Å². The fraction of sp³-hybridized carbons (Fsp3) is 0.250. The number of aliphatic hydroxyl groups is 1. The van der Waals surface area contributed by atoms with Crippen LogP contribution >= 0.6 is 0 Å². The van der Waals surface area contributed by atoms with Gasteiger partial charge in [0.2, 0.25) is 0 Å². The average Bonchev–Trinajstić information content (AvgIpc) is 2.46. The molecule has 0 bridgehead atoms. The summed E-state index contributed by atoms with van der Waals surface area (Å²) in [4.78, 5) is 0. The average molecular weight is 294 g/mol. The van der Waals surface area contributed by atoms with E-state index in [9.17, 15) is 10.2 Å². The topological polar surface area (TPSA) is 57.1 Å². The first-order chi connectivity index (χ1) is 9.16. The highest BCUT2D eigenvalue weighted by Gasteiger charge is 2.18. The van der Waals surface area contributed by atoms with Gasteiger partial charge in [-0.3, -0.25) is 0 Å². The molecule has 2 aromatic carbocycles. The molecule has 4 N–H and O–H groups in total. The lowest BCUT2D eigenvalue weighted by Gasteiger charge is -2.18. The molecule has 108 valence electrons. The molecule has 20 heavy (non-hydrogen) atoms. The number of aromatic hydroxyl groups is 1. The molecule has 3 nitrogen and oxygen atoms in total. The van der Waals surface area contributed by atoms with E-state index in [-0.39, 0.29) is 24.2 Å². The Hall–Kier alpha value is -1.55. The first-order valence-corrected chi connectivity index (χ1v) is 6.51. The minimum Gasteiger partial charge on any atom is -1.00 e. The number of phenols is 1. The lowest BCUT2D eigenvalue weighted by molar-refractivity contribution is -0.709. The third kappa shape index (κ3) is 4.53. The molecule has 0 heterocycles. The molecule has 0 radical (unpaired) electrons. The molecule has 0 amide bonds. The van der Waals surface area contributed by atoms with Crippen LogP contribution in [0.3, 0.4) is 0 Å². The fourth-order valence-corrected chi connectivity index (χ4v) is 2.04. The molecule has 0 aliphatic rings. The number of rotatable bonds is 5. The second-order valence-electron chi connectivity index (χ2n) is 4.82. The van der Waals surface area contributed by atoms with E-state index < -0.39 is 6.10 Å². The molecule has 4 heteroatoms. The van der Waals surface area contributed by atoms with Crippen LogP contribution in [0.5, 0.6) is 5.75 Å². The molecular formula is C16H20ClNO2. The van der Waals surface area contributed by atoms with Gasteiger partial charge >= 0.3 is 0 Å². The van der Waals surface area contributed by atoms with Gasteiger partial charge in [0.15, 0.2) is 0 Å². The molecule has 0 spiro atoms. The third-order valence-electron chi connectivity index (χ3n) is 3.30. The van der Waals surface area contributed by atoms with Crippen LogP contribution in [0.4, 0.5) is 0 Å². The lowest BCUT2D eigenvalue weighted by Crippen LogP contribution is -3.00. The van der Waals surface area contributed by atoms with Crippen molar-refractivity contribution in [1.82, 2.24) is 0 Å². The van der Waals surface area contributed by atoms with Crippen molar-refractivity contribution < 1.29 is 27.9 Å². The molecule has 2 unspecified atom stereocenters. The monoisotopic (exact) mass is 293 g/mol. The highest BCUT2D eigenvalue weighted by molar-refractivity contribution is 5.27. The molecule has 2 aromatic rings. The normalized spacial score (nSPS) is 13.3. The zero-order chi connectivity index (χ0) is 13.7. The van der Waals surface area contributed by atoms with E-state index in [2.05, 4.69) is 17.4 Å². The van der Waals surface area contributed by atoms with E-state index >= 15 is 0 Å². The van der Waals surface area contributed by atoms with E-state index in [1.54, 1.807) is 24.3 Å². The quantitative estimate of drug-likeness (QED) is 0.634. The van der Waals surface area contributed by atoms with Crippen molar-refractivity contribution in [2.24, 2.45) is 0 Å². The first-order valence-electron chi connectivity index (χ1n) is 6.51. The molecule has 2 atom stereocenters. The maximum Gasteiger partial charge on any atom is 0.130 e. The van der Waals surface area contributed by atoms with Crippen LogP contribution in [0.15, 0.2) is 54.6 Å². The van der Waals surface area contributed by atoms with Gasteiger partial charge in [0, 0.05) is 5.56 Å². The summed E-state index contributed by atoms with van der Waals surface area (Å²) in [6, 6.07) is 17.0. The Kier molecular flexibility index (Phi) is 6.52. The van der Waals surface area contributed by atoms with Gasteiger partial charge in [0.1, 0.15) is 24.4 Å². The van der Waals surface area contributed by atoms with E-state index in [4.69, 9.17) is 0 Å². The van der Waals surface area contributed by atoms with Crippen molar-refractivity contribution in [3.63, 3.8) is 0 Å². The minimum absolute atomic E-state index is 0.